The average Bonchev–Trinajstić information content (AvgIpc) is 3.29. The molecule has 2 N–H and O–H groups in total. The van der Waals surface area contributed by atoms with Crippen molar-refractivity contribution >= 4 is 17.7 Å². The second-order valence-electron chi connectivity index (χ2n) is 7.66. The summed E-state index contributed by atoms with van der Waals surface area (Å²) >= 11 is 0. The third-order valence-electron chi connectivity index (χ3n) is 5.56. The number of aromatic nitrogens is 5. The number of hydrogen-bond donors (Lipinski definition) is 2. The molecule has 0 bridgehead atoms. The van der Waals surface area contributed by atoms with Gasteiger partial charge in [0, 0.05) is 40.7 Å². The van der Waals surface area contributed by atoms with Gasteiger partial charge >= 0.3 is 6.01 Å². The minimum Gasteiger partial charge on any atom is -0.404 e. The zero-order valence-electron chi connectivity index (χ0n) is 15.3. The van der Waals surface area contributed by atoms with Crippen molar-refractivity contribution in [3.8, 4) is 11.3 Å². The lowest BCUT2D eigenvalue weighted by Crippen LogP contribution is -2.40. The van der Waals surface area contributed by atoms with Crippen molar-refractivity contribution < 1.29 is 9.15 Å². The monoisotopic (exact) mass is 376 g/mol. The quantitative estimate of drug-likeness (QED) is 0.706. The maximum atomic E-state index is 5.83. The highest BCUT2D eigenvalue weighted by Gasteiger charge is 2.27. The molecule has 0 radical (unpaired) electrons. The van der Waals surface area contributed by atoms with Crippen LogP contribution in [0.2, 0.25) is 0 Å². The number of H-pyrrole nitrogens is 1. The summed E-state index contributed by atoms with van der Waals surface area (Å²) in [7, 11) is 0. The molecule has 8 heteroatoms. The smallest absolute Gasteiger partial charge is 0.316 e. The van der Waals surface area contributed by atoms with Gasteiger partial charge in [0.2, 0.25) is 5.89 Å². The number of nitrogens with one attached hydrogen (secondary N) is 2. The highest BCUT2D eigenvalue weighted by molar-refractivity contribution is 5.87. The van der Waals surface area contributed by atoms with Gasteiger partial charge in [-0.25, -0.2) is 4.98 Å². The lowest BCUT2D eigenvalue weighted by Gasteiger charge is -2.25. The van der Waals surface area contributed by atoms with E-state index in [0.717, 1.165) is 40.9 Å². The Kier molecular flexibility index (Phi) is 3.58. The Morgan fingerprint density at radius 3 is 2.86 bits per heavy atom. The molecule has 3 aromatic rings. The third kappa shape index (κ3) is 2.80. The predicted molar refractivity (Wildman–Crippen MR) is 103 cm³/mol. The first-order valence-corrected chi connectivity index (χ1v) is 9.75. The van der Waals surface area contributed by atoms with Crippen molar-refractivity contribution in [2.75, 3.05) is 18.5 Å². The molecule has 0 atom stereocenters. The largest absolute Gasteiger partial charge is 0.404 e. The Hall–Kier alpha value is -3.00. The van der Waals surface area contributed by atoms with E-state index in [-0.39, 0.29) is 6.04 Å². The zero-order valence-corrected chi connectivity index (χ0v) is 15.3. The van der Waals surface area contributed by atoms with Crippen LogP contribution in [0.4, 0.5) is 6.01 Å². The topological polar surface area (TPSA) is 102 Å². The van der Waals surface area contributed by atoms with Crippen LogP contribution in [-0.4, -0.2) is 44.4 Å². The van der Waals surface area contributed by atoms with Crippen LogP contribution in [0.3, 0.4) is 0 Å². The fourth-order valence-electron chi connectivity index (χ4n) is 3.73. The molecule has 0 aromatic carbocycles. The van der Waals surface area contributed by atoms with E-state index in [9.17, 15) is 0 Å². The van der Waals surface area contributed by atoms with E-state index in [2.05, 4.69) is 31.6 Å². The molecule has 142 valence electrons. The molecule has 1 saturated carbocycles. The van der Waals surface area contributed by atoms with E-state index in [1.54, 1.807) is 0 Å². The van der Waals surface area contributed by atoms with E-state index in [0.29, 0.717) is 31.0 Å². The van der Waals surface area contributed by atoms with Gasteiger partial charge in [-0.3, -0.25) is 4.98 Å². The van der Waals surface area contributed by atoms with Gasteiger partial charge in [0.25, 0.3) is 0 Å². The predicted octanol–water partition coefficient (Wildman–Crippen LogP) is 3.03. The van der Waals surface area contributed by atoms with E-state index in [1.165, 1.54) is 18.5 Å². The second-order valence-corrected chi connectivity index (χ2v) is 7.66. The van der Waals surface area contributed by atoms with Crippen LogP contribution in [0, 0.1) is 0 Å². The molecule has 2 aliphatic carbocycles. The van der Waals surface area contributed by atoms with Gasteiger partial charge in [-0.15, -0.1) is 5.10 Å². The number of rotatable bonds is 5. The Labute approximate surface area is 161 Å². The van der Waals surface area contributed by atoms with Gasteiger partial charge < -0.3 is 19.5 Å². The number of ether oxygens (including phenoxy) is 1. The number of hydrogen-bond acceptors (Lipinski definition) is 7. The number of allylic oxidation sites excluding steroid dienone is 1. The molecular weight excluding hydrogens is 356 g/mol. The van der Waals surface area contributed by atoms with E-state index < -0.39 is 0 Å². The van der Waals surface area contributed by atoms with Crippen LogP contribution in [0.5, 0.6) is 0 Å². The molecule has 0 amide bonds. The molecule has 1 aliphatic heterocycles. The Bertz CT molecular complexity index is 1060. The number of nitrogens with zero attached hydrogens (tertiary/aromatic N) is 4. The summed E-state index contributed by atoms with van der Waals surface area (Å²) in [5.41, 5.74) is 6.49. The van der Waals surface area contributed by atoms with Crippen molar-refractivity contribution in [2.45, 2.75) is 37.6 Å². The van der Waals surface area contributed by atoms with Crippen LogP contribution < -0.4 is 5.32 Å². The molecular formula is C20H20N6O2. The van der Waals surface area contributed by atoms with Crippen LogP contribution >= 0.6 is 0 Å². The second kappa shape index (κ2) is 6.27. The van der Waals surface area contributed by atoms with E-state index >= 15 is 0 Å². The van der Waals surface area contributed by atoms with Crippen LogP contribution in [0.15, 0.2) is 23.0 Å². The third-order valence-corrected chi connectivity index (χ3v) is 5.56. The summed E-state index contributed by atoms with van der Waals surface area (Å²) in [6.45, 7) is 1.36. The minimum atomic E-state index is 0.258. The summed E-state index contributed by atoms with van der Waals surface area (Å²) in [5.74, 6) is 1.15. The molecule has 4 heterocycles. The SMILES string of the molecule is C1=C(c2nnc(NC3COC3)o2)CCc2[nH]cc(-c3cncc(C4CC4)n3)c21. The van der Waals surface area contributed by atoms with Gasteiger partial charge in [-0.2, -0.15) is 0 Å². The Morgan fingerprint density at radius 1 is 1.11 bits per heavy atom. The van der Waals surface area contributed by atoms with E-state index in [4.69, 9.17) is 14.1 Å². The first kappa shape index (κ1) is 16.0. The normalized spacial score (nSPS) is 19.1. The molecule has 0 spiro atoms. The van der Waals surface area contributed by atoms with Crippen molar-refractivity contribution in [2.24, 2.45) is 0 Å². The molecule has 6 rings (SSSR count). The zero-order chi connectivity index (χ0) is 18.5. The van der Waals surface area contributed by atoms with Gasteiger partial charge in [0.05, 0.1) is 36.8 Å². The highest BCUT2D eigenvalue weighted by Crippen LogP contribution is 2.40. The van der Waals surface area contributed by atoms with Crippen molar-refractivity contribution in [1.82, 2.24) is 25.1 Å². The molecule has 0 unspecified atom stereocenters. The summed E-state index contributed by atoms with van der Waals surface area (Å²) in [4.78, 5) is 12.7. The molecule has 1 saturated heterocycles. The van der Waals surface area contributed by atoms with Crippen LogP contribution in [0.25, 0.3) is 22.9 Å². The number of fused-ring (bicyclic) bond motifs is 1. The summed E-state index contributed by atoms with van der Waals surface area (Å²) in [5, 5.41) is 11.5. The van der Waals surface area contributed by atoms with E-state index in [1.807, 2.05) is 18.6 Å². The summed E-state index contributed by atoms with van der Waals surface area (Å²) in [6.07, 6.45) is 12.1. The van der Waals surface area contributed by atoms with Crippen molar-refractivity contribution in [3.63, 3.8) is 0 Å². The Morgan fingerprint density at radius 2 is 2.04 bits per heavy atom. The fraction of sp³-hybridized carbons (Fsp3) is 0.400. The fourth-order valence-corrected chi connectivity index (χ4v) is 3.73. The number of aryl methyl sites for hydroxylation is 1. The van der Waals surface area contributed by atoms with Gasteiger partial charge in [-0.1, -0.05) is 5.10 Å². The summed E-state index contributed by atoms with van der Waals surface area (Å²) in [6, 6.07) is 0.709. The summed E-state index contributed by atoms with van der Waals surface area (Å²) < 4.78 is 11.0. The van der Waals surface area contributed by atoms with Crippen LogP contribution in [0.1, 0.15) is 48.0 Å². The first-order valence-electron chi connectivity index (χ1n) is 9.75. The number of anilines is 1. The Balaban J connectivity index is 1.31. The molecule has 8 nitrogen and oxygen atoms in total. The molecule has 2 fully saturated rings. The molecule has 3 aliphatic rings. The molecule has 28 heavy (non-hydrogen) atoms. The average molecular weight is 376 g/mol. The lowest BCUT2D eigenvalue weighted by molar-refractivity contribution is 0.0201. The van der Waals surface area contributed by atoms with Gasteiger partial charge in [-0.05, 0) is 31.8 Å². The molecule has 3 aromatic heterocycles. The highest BCUT2D eigenvalue weighted by atomic mass is 16.5. The lowest BCUT2D eigenvalue weighted by atomic mass is 9.94. The van der Waals surface area contributed by atoms with Crippen molar-refractivity contribution in [1.29, 1.82) is 0 Å². The maximum absolute atomic E-state index is 5.83. The standard InChI is InChI=1S/C20H20N6O2/c1-2-11(1)17-7-21-8-18(24-17)15-6-22-16-4-3-12(5-14(15)16)19-25-26-20(28-19)23-13-9-27-10-13/h5-8,11,13,22H,1-4,9-10H2,(H,23,26). The van der Waals surface area contributed by atoms with Crippen molar-refractivity contribution in [3.05, 3.63) is 41.4 Å². The van der Waals surface area contributed by atoms with Gasteiger partial charge in [0.1, 0.15) is 0 Å². The first-order chi connectivity index (χ1) is 13.8. The van der Waals surface area contributed by atoms with Gasteiger partial charge in [0.15, 0.2) is 0 Å². The van der Waals surface area contributed by atoms with Crippen LogP contribution in [-0.2, 0) is 11.2 Å². The maximum Gasteiger partial charge on any atom is 0.316 e. The number of aromatic amines is 1. The minimum absolute atomic E-state index is 0.258.